The van der Waals surface area contributed by atoms with E-state index in [0.29, 0.717) is 10.9 Å². The number of para-hydroxylation sites is 1. The van der Waals surface area contributed by atoms with Gasteiger partial charge in [0.1, 0.15) is 24.2 Å². The number of carbonyl (C=O) groups is 2. The number of benzene rings is 1. The predicted molar refractivity (Wildman–Crippen MR) is 86.7 cm³/mol. The highest BCUT2D eigenvalue weighted by molar-refractivity contribution is 7.14. The van der Waals surface area contributed by atoms with Crippen molar-refractivity contribution >= 4 is 28.3 Å². The fourth-order valence-electron chi connectivity index (χ4n) is 1.66. The second-order valence-corrected chi connectivity index (χ2v) is 5.57. The molecule has 0 aliphatic heterocycles. The zero-order chi connectivity index (χ0) is 16.7. The largest absolute Gasteiger partial charge is 0.491 e. The molecule has 1 aromatic carbocycles. The molecule has 2 amide bonds. The first-order chi connectivity index (χ1) is 11.0. The van der Waals surface area contributed by atoms with E-state index in [2.05, 4.69) is 15.6 Å². The molecule has 3 N–H and O–H groups in total. The van der Waals surface area contributed by atoms with Crippen LogP contribution in [0.2, 0.25) is 0 Å². The molecule has 7 nitrogen and oxygen atoms in total. The van der Waals surface area contributed by atoms with Crippen molar-refractivity contribution in [2.24, 2.45) is 0 Å². The van der Waals surface area contributed by atoms with Crippen LogP contribution in [0.25, 0.3) is 0 Å². The molecule has 0 spiro atoms. The first-order valence-electron chi connectivity index (χ1n) is 6.92. The molecule has 8 heteroatoms. The molecular weight excluding hydrogens is 318 g/mol. The first-order valence-corrected chi connectivity index (χ1v) is 7.80. The van der Waals surface area contributed by atoms with Gasteiger partial charge >= 0.3 is 0 Å². The summed E-state index contributed by atoms with van der Waals surface area (Å²) in [5.74, 6) is -0.0197. The molecule has 0 aliphatic rings. The fourth-order valence-corrected chi connectivity index (χ4v) is 2.39. The van der Waals surface area contributed by atoms with Gasteiger partial charge in [0, 0.05) is 18.8 Å². The Morgan fingerprint density at radius 1 is 1.35 bits per heavy atom. The van der Waals surface area contributed by atoms with Gasteiger partial charge in [-0.25, -0.2) is 4.98 Å². The zero-order valence-electron chi connectivity index (χ0n) is 12.5. The van der Waals surface area contributed by atoms with E-state index < -0.39 is 12.0 Å². The fraction of sp³-hybridized carbons (Fsp3) is 0.267. The van der Waals surface area contributed by atoms with Gasteiger partial charge in [0.25, 0.3) is 5.91 Å². The van der Waals surface area contributed by atoms with E-state index in [-0.39, 0.29) is 24.8 Å². The lowest BCUT2D eigenvalue weighted by Gasteiger charge is -2.12. The molecule has 0 bridgehead atoms. The van der Waals surface area contributed by atoms with E-state index >= 15 is 0 Å². The number of rotatable bonds is 7. The lowest BCUT2D eigenvalue weighted by molar-refractivity contribution is -0.114. The molecule has 0 saturated carbocycles. The average Bonchev–Trinajstić information content (AvgIpc) is 2.99. The van der Waals surface area contributed by atoms with Gasteiger partial charge in [-0.15, -0.1) is 11.3 Å². The molecule has 2 rings (SSSR count). The molecule has 1 atom stereocenters. The van der Waals surface area contributed by atoms with Crippen molar-refractivity contribution in [3.05, 3.63) is 41.4 Å². The highest BCUT2D eigenvalue weighted by Gasteiger charge is 2.13. The van der Waals surface area contributed by atoms with Gasteiger partial charge in [-0.05, 0) is 12.1 Å². The highest BCUT2D eigenvalue weighted by Crippen LogP contribution is 2.15. The van der Waals surface area contributed by atoms with E-state index in [1.807, 2.05) is 18.2 Å². The smallest absolute Gasteiger partial charge is 0.270 e. The van der Waals surface area contributed by atoms with E-state index in [4.69, 9.17) is 4.74 Å². The Kier molecular flexibility index (Phi) is 6.07. The molecule has 122 valence electrons. The Hall–Kier alpha value is -2.45. The van der Waals surface area contributed by atoms with E-state index in [1.54, 1.807) is 12.1 Å². The maximum Gasteiger partial charge on any atom is 0.270 e. The van der Waals surface area contributed by atoms with Crippen LogP contribution in [0.4, 0.5) is 5.13 Å². The Balaban J connectivity index is 1.75. The molecule has 0 aliphatic carbocycles. The molecule has 0 saturated heterocycles. The second-order valence-electron chi connectivity index (χ2n) is 4.71. The molecular formula is C15H17N3O4S. The van der Waals surface area contributed by atoms with Crippen molar-refractivity contribution in [1.29, 1.82) is 0 Å². The summed E-state index contributed by atoms with van der Waals surface area (Å²) in [6.45, 7) is 1.47. The molecule has 2 aromatic rings. The topological polar surface area (TPSA) is 101 Å². The van der Waals surface area contributed by atoms with Crippen LogP contribution < -0.4 is 15.4 Å². The summed E-state index contributed by atoms with van der Waals surface area (Å²) in [7, 11) is 0. The van der Waals surface area contributed by atoms with Crippen LogP contribution in [-0.4, -0.2) is 41.2 Å². The minimum atomic E-state index is -0.840. The Bertz CT molecular complexity index is 660. The van der Waals surface area contributed by atoms with Gasteiger partial charge in [0.05, 0.1) is 0 Å². The lowest BCUT2D eigenvalue weighted by Crippen LogP contribution is -2.35. The summed E-state index contributed by atoms with van der Waals surface area (Å²) in [5.41, 5.74) is 0.190. The average molecular weight is 335 g/mol. The van der Waals surface area contributed by atoms with Crippen molar-refractivity contribution in [3.63, 3.8) is 0 Å². The quantitative estimate of drug-likeness (QED) is 0.707. The second kappa shape index (κ2) is 8.25. The Morgan fingerprint density at radius 2 is 2.09 bits per heavy atom. The van der Waals surface area contributed by atoms with Crippen LogP contribution in [0.15, 0.2) is 35.7 Å². The predicted octanol–water partition coefficient (Wildman–Crippen LogP) is 1.27. The number of nitrogens with one attached hydrogen (secondary N) is 2. The van der Waals surface area contributed by atoms with Gasteiger partial charge in [-0.2, -0.15) is 0 Å². The minimum Gasteiger partial charge on any atom is -0.491 e. The van der Waals surface area contributed by atoms with Crippen molar-refractivity contribution in [1.82, 2.24) is 10.3 Å². The Morgan fingerprint density at radius 3 is 2.78 bits per heavy atom. The summed E-state index contributed by atoms with van der Waals surface area (Å²) in [6.07, 6.45) is -0.840. The zero-order valence-corrected chi connectivity index (χ0v) is 13.3. The molecule has 1 aromatic heterocycles. The van der Waals surface area contributed by atoms with Gasteiger partial charge in [0.2, 0.25) is 5.91 Å². The number of aromatic nitrogens is 1. The van der Waals surface area contributed by atoms with Gasteiger partial charge in [0.15, 0.2) is 5.13 Å². The Labute approximate surface area is 137 Å². The number of hydrogen-bond donors (Lipinski definition) is 3. The maximum atomic E-state index is 11.9. The molecule has 1 unspecified atom stereocenters. The van der Waals surface area contributed by atoms with Crippen LogP contribution in [0.3, 0.4) is 0 Å². The molecule has 1 heterocycles. The van der Waals surface area contributed by atoms with E-state index in [9.17, 15) is 14.7 Å². The van der Waals surface area contributed by atoms with E-state index in [1.165, 1.54) is 12.3 Å². The first kappa shape index (κ1) is 16.9. The summed E-state index contributed by atoms with van der Waals surface area (Å²) in [5, 5.41) is 16.8. The van der Waals surface area contributed by atoms with Crippen molar-refractivity contribution in [2.75, 3.05) is 18.5 Å². The minimum absolute atomic E-state index is 0.0403. The standard InChI is InChI=1S/C15H17N3O4S/c1-10(19)17-15-18-13(9-23-15)14(21)16-7-11(20)8-22-12-5-3-2-4-6-12/h2-6,9,11,20H,7-8H2,1H3,(H,16,21)(H,17,18,19). The normalized spacial score (nSPS) is 11.6. The van der Waals surface area contributed by atoms with Crippen LogP contribution in [-0.2, 0) is 4.79 Å². The number of aliphatic hydroxyl groups excluding tert-OH is 1. The SMILES string of the molecule is CC(=O)Nc1nc(C(=O)NCC(O)COc2ccccc2)cs1. The van der Waals surface area contributed by atoms with Crippen molar-refractivity contribution < 1.29 is 19.4 Å². The maximum absolute atomic E-state index is 11.9. The van der Waals surface area contributed by atoms with Crippen LogP contribution in [0.5, 0.6) is 5.75 Å². The number of amides is 2. The van der Waals surface area contributed by atoms with Crippen molar-refractivity contribution in [2.45, 2.75) is 13.0 Å². The number of hydrogen-bond acceptors (Lipinski definition) is 6. The van der Waals surface area contributed by atoms with Crippen LogP contribution in [0.1, 0.15) is 17.4 Å². The number of anilines is 1. The number of thiazole rings is 1. The molecule has 0 radical (unpaired) electrons. The molecule has 23 heavy (non-hydrogen) atoms. The van der Waals surface area contributed by atoms with Gasteiger partial charge in [-0.3, -0.25) is 9.59 Å². The third kappa shape index (κ3) is 5.68. The number of carbonyl (C=O) groups excluding carboxylic acids is 2. The number of aliphatic hydroxyl groups is 1. The third-order valence-corrected chi connectivity index (χ3v) is 3.46. The van der Waals surface area contributed by atoms with Gasteiger partial charge in [-0.1, -0.05) is 18.2 Å². The summed E-state index contributed by atoms with van der Waals surface area (Å²) >= 11 is 1.16. The summed E-state index contributed by atoms with van der Waals surface area (Å²) < 4.78 is 5.39. The van der Waals surface area contributed by atoms with Crippen LogP contribution in [0, 0.1) is 0 Å². The van der Waals surface area contributed by atoms with Crippen LogP contribution >= 0.6 is 11.3 Å². The monoisotopic (exact) mass is 335 g/mol. The number of ether oxygens (including phenoxy) is 1. The van der Waals surface area contributed by atoms with E-state index in [0.717, 1.165) is 11.3 Å². The summed E-state index contributed by atoms with van der Waals surface area (Å²) in [6, 6.07) is 9.09. The van der Waals surface area contributed by atoms with Crippen molar-refractivity contribution in [3.8, 4) is 5.75 Å². The third-order valence-electron chi connectivity index (χ3n) is 2.70. The highest BCUT2D eigenvalue weighted by atomic mass is 32.1. The summed E-state index contributed by atoms with van der Waals surface area (Å²) in [4.78, 5) is 26.8. The van der Waals surface area contributed by atoms with Gasteiger partial charge < -0.3 is 20.5 Å². The molecule has 0 fully saturated rings. The number of nitrogens with zero attached hydrogens (tertiary/aromatic N) is 1. The lowest BCUT2D eigenvalue weighted by atomic mass is 10.3.